The number of H-pyrrole nitrogens is 1. The number of amides is 2. The Bertz CT molecular complexity index is 1030. The molecule has 0 unspecified atom stereocenters. The summed E-state index contributed by atoms with van der Waals surface area (Å²) in [6.45, 7) is 1.80. The Morgan fingerprint density at radius 1 is 1.17 bits per heavy atom. The number of piperidine rings is 1. The molecule has 0 radical (unpaired) electrons. The predicted octanol–water partition coefficient (Wildman–Crippen LogP) is 3.21. The molecule has 8 heteroatoms. The number of imidazole rings is 1. The van der Waals surface area contributed by atoms with Gasteiger partial charge in [-0.3, -0.25) is 14.6 Å². The smallest absolute Gasteiger partial charge is 0.253 e. The maximum absolute atomic E-state index is 12.5. The molecule has 0 spiro atoms. The van der Waals surface area contributed by atoms with Gasteiger partial charge in [-0.15, -0.1) is 0 Å². The van der Waals surface area contributed by atoms with Crippen molar-refractivity contribution in [1.29, 1.82) is 0 Å². The molecule has 1 aliphatic heterocycles. The average Bonchev–Trinajstić information content (AvgIpc) is 3.18. The van der Waals surface area contributed by atoms with E-state index in [9.17, 15) is 9.59 Å². The zero-order chi connectivity index (χ0) is 20.9. The number of hydrogen-bond donors (Lipinski definition) is 2. The van der Waals surface area contributed by atoms with Gasteiger partial charge >= 0.3 is 0 Å². The highest BCUT2D eigenvalue weighted by Crippen LogP contribution is 2.20. The fraction of sp³-hybridized carbons (Fsp3) is 0.364. The molecule has 0 aliphatic carbocycles. The quantitative estimate of drug-likeness (QED) is 0.593. The fourth-order valence-electron chi connectivity index (χ4n) is 3.79. The molecule has 3 aromatic rings. The van der Waals surface area contributed by atoms with Crippen molar-refractivity contribution in [2.24, 2.45) is 5.92 Å². The first-order valence-electron chi connectivity index (χ1n) is 10.2. The number of rotatable bonds is 6. The molecule has 2 amide bonds. The first kappa shape index (κ1) is 20.3. The van der Waals surface area contributed by atoms with Gasteiger partial charge in [0, 0.05) is 55.0 Å². The van der Waals surface area contributed by atoms with Crippen LogP contribution in [0.25, 0.3) is 11.0 Å². The van der Waals surface area contributed by atoms with E-state index in [4.69, 9.17) is 11.6 Å². The number of aryl methyl sites for hydroxylation is 1. The van der Waals surface area contributed by atoms with Crippen LogP contribution < -0.4 is 5.32 Å². The molecule has 2 aromatic heterocycles. The molecule has 30 heavy (non-hydrogen) atoms. The predicted molar refractivity (Wildman–Crippen MR) is 115 cm³/mol. The average molecular weight is 426 g/mol. The zero-order valence-corrected chi connectivity index (χ0v) is 17.4. The van der Waals surface area contributed by atoms with Crippen molar-refractivity contribution in [1.82, 2.24) is 25.2 Å². The maximum atomic E-state index is 12.5. The van der Waals surface area contributed by atoms with Crippen LogP contribution in [0.3, 0.4) is 0 Å². The van der Waals surface area contributed by atoms with E-state index >= 15 is 0 Å². The molecule has 2 N–H and O–H groups in total. The Kier molecular flexibility index (Phi) is 6.28. The molecule has 0 bridgehead atoms. The molecule has 4 rings (SSSR count). The normalized spacial score (nSPS) is 14.8. The van der Waals surface area contributed by atoms with Crippen molar-refractivity contribution in [2.45, 2.75) is 25.7 Å². The summed E-state index contributed by atoms with van der Waals surface area (Å²) in [5, 5.41) is 3.71. The largest absolute Gasteiger partial charge is 0.356 e. The topological polar surface area (TPSA) is 91.0 Å². The van der Waals surface area contributed by atoms with Gasteiger partial charge in [-0.2, -0.15) is 0 Å². The minimum atomic E-state index is -0.0418. The summed E-state index contributed by atoms with van der Waals surface area (Å²) in [5.41, 5.74) is 2.46. The third-order valence-electron chi connectivity index (χ3n) is 5.46. The van der Waals surface area contributed by atoms with E-state index in [-0.39, 0.29) is 17.7 Å². The molecule has 1 aromatic carbocycles. The highest BCUT2D eigenvalue weighted by atomic mass is 35.5. The van der Waals surface area contributed by atoms with Crippen LogP contribution in [0.4, 0.5) is 0 Å². The zero-order valence-electron chi connectivity index (χ0n) is 16.6. The Morgan fingerprint density at radius 2 is 1.93 bits per heavy atom. The van der Waals surface area contributed by atoms with Crippen molar-refractivity contribution in [3.05, 3.63) is 59.1 Å². The SMILES string of the molecule is O=C(NCCCc1nc2ccc(Cl)cc2[nH]1)C1CCN(C(=O)c2ccncc2)CC1. The summed E-state index contributed by atoms with van der Waals surface area (Å²) in [4.78, 5) is 38.5. The van der Waals surface area contributed by atoms with Gasteiger partial charge in [0.15, 0.2) is 0 Å². The van der Waals surface area contributed by atoms with Crippen molar-refractivity contribution in [3.63, 3.8) is 0 Å². The second kappa shape index (κ2) is 9.26. The lowest BCUT2D eigenvalue weighted by Gasteiger charge is -2.31. The summed E-state index contributed by atoms with van der Waals surface area (Å²) in [5.74, 6) is 0.926. The molecular formula is C22H24ClN5O2. The number of nitrogens with one attached hydrogen (secondary N) is 2. The van der Waals surface area contributed by atoms with Gasteiger partial charge < -0.3 is 15.2 Å². The summed E-state index contributed by atoms with van der Waals surface area (Å²) >= 11 is 6.00. The number of pyridine rings is 1. The number of aromatic amines is 1. The highest BCUT2D eigenvalue weighted by Gasteiger charge is 2.27. The van der Waals surface area contributed by atoms with E-state index in [1.807, 2.05) is 23.1 Å². The Morgan fingerprint density at radius 3 is 2.70 bits per heavy atom. The van der Waals surface area contributed by atoms with Gasteiger partial charge in [-0.25, -0.2) is 4.98 Å². The second-order valence-electron chi connectivity index (χ2n) is 7.54. The molecule has 156 valence electrons. The number of benzene rings is 1. The lowest BCUT2D eigenvalue weighted by Crippen LogP contribution is -2.43. The van der Waals surface area contributed by atoms with Crippen LogP contribution in [0.5, 0.6) is 0 Å². The monoisotopic (exact) mass is 425 g/mol. The number of aromatic nitrogens is 3. The van der Waals surface area contributed by atoms with Crippen LogP contribution >= 0.6 is 11.6 Å². The van der Waals surface area contributed by atoms with Gasteiger partial charge in [0.25, 0.3) is 5.91 Å². The van der Waals surface area contributed by atoms with Crippen LogP contribution in [0, 0.1) is 5.92 Å². The van der Waals surface area contributed by atoms with Gasteiger partial charge in [0.1, 0.15) is 5.82 Å². The number of halogens is 1. The van der Waals surface area contributed by atoms with Crippen molar-refractivity contribution in [2.75, 3.05) is 19.6 Å². The first-order chi connectivity index (χ1) is 14.6. The van der Waals surface area contributed by atoms with E-state index in [0.717, 1.165) is 29.7 Å². The van der Waals surface area contributed by atoms with Crippen LogP contribution in [0.2, 0.25) is 5.02 Å². The number of likely N-dealkylation sites (tertiary alicyclic amines) is 1. The molecule has 7 nitrogen and oxygen atoms in total. The van der Waals surface area contributed by atoms with Crippen LogP contribution in [0.15, 0.2) is 42.7 Å². The Balaban J connectivity index is 1.19. The number of nitrogens with zero attached hydrogens (tertiary/aromatic N) is 3. The van der Waals surface area contributed by atoms with E-state index in [2.05, 4.69) is 20.3 Å². The van der Waals surface area contributed by atoms with E-state index < -0.39 is 0 Å². The lowest BCUT2D eigenvalue weighted by molar-refractivity contribution is -0.126. The number of fused-ring (bicyclic) bond motifs is 1. The molecule has 1 aliphatic rings. The van der Waals surface area contributed by atoms with Crippen molar-refractivity contribution >= 4 is 34.4 Å². The fourth-order valence-corrected chi connectivity index (χ4v) is 3.96. The minimum Gasteiger partial charge on any atom is -0.356 e. The molecular weight excluding hydrogens is 402 g/mol. The standard InChI is InChI=1S/C22H24ClN5O2/c23-17-3-4-18-19(14-17)27-20(26-18)2-1-9-25-21(29)15-7-12-28(13-8-15)22(30)16-5-10-24-11-6-16/h3-6,10-11,14-15H,1-2,7-9,12-13H2,(H,25,29)(H,26,27). The van der Waals surface area contributed by atoms with E-state index in [1.54, 1.807) is 24.5 Å². The molecule has 1 fully saturated rings. The third-order valence-corrected chi connectivity index (χ3v) is 5.70. The van der Waals surface area contributed by atoms with Gasteiger partial charge in [0.05, 0.1) is 11.0 Å². The third kappa shape index (κ3) is 4.79. The molecule has 3 heterocycles. The van der Waals surface area contributed by atoms with Gasteiger partial charge in [0.2, 0.25) is 5.91 Å². The second-order valence-corrected chi connectivity index (χ2v) is 7.98. The van der Waals surface area contributed by atoms with Gasteiger partial charge in [-0.1, -0.05) is 11.6 Å². The Hall–Kier alpha value is -2.93. The van der Waals surface area contributed by atoms with Crippen molar-refractivity contribution in [3.8, 4) is 0 Å². The van der Waals surface area contributed by atoms with E-state index in [1.165, 1.54) is 0 Å². The molecule has 0 saturated carbocycles. The number of carbonyl (C=O) groups excluding carboxylic acids is 2. The lowest BCUT2D eigenvalue weighted by atomic mass is 9.95. The summed E-state index contributed by atoms with van der Waals surface area (Å²) in [6, 6.07) is 9.02. The minimum absolute atomic E-state index is 0.00313. The number of carbonyl (C=O) groups is 2. The van der Waals surface area contributed by atoms with E-state index in [0.29, 0.717) is 43.1 Å². The highest BCUT2D eigenvalue weighted by molar-refractivity contribution is 6.31. The summed E-state index contributed by atoms with van der Waals surface area (Å²) in [6.07, 6.45) is 6.17. The molecule has 1 saturated heterocycles. The summed E-state index contributed by atoms with van der Waals surface area (Å²) < 4.78 is 0. The van der Waals surface area contributed by atoms with Crippen molar-refractivity contribution < 1.29 is 9.59 Å². The van der Waals surface area contributed by atoms with Crippen LogP contribution in [-0.2, 0) is 11.2 Å². The van der Waals surface area contributed by atoms with Gasteiger partial charge in [-0.05, 0) is 49.6 Å². The maximum Gasteiger partial charge on any atom is 0.253 e. The number of hydrogen-bond acceptors (Lipinski definition) is 4. The molecule has 0 atom stereocenters. The van der Waals surface area contributed by atoms with Crippen LogP contribution in [-0.4, -0.2) is 51.3 Å². The van der Waals surface area contributed by atoms with Crippen LogP contribution in [0.1, 0.15) is 35.4 Å². The summed E-state index contributed by atoms with van der Waals surface area (Å²) in [7, 11) is 0. The first-order valence-corrected chi connectivity index (χ1v) is 10.6. The Labute approximate surface area is 179 Å².